The highest BCUT2D eigenvalue weighted by Gasteiger charge is 2.17. The van der Waals surface area contributed by atoms with Gasteiger partial charge in [0.1, 0.15) is 5.82 Å². The van der Waals surface area contributed by atoms with Crippen LogP contribution in [0.2, 0.25) is 0 Å². The Morgan fingerprint density at radius 1 is 1.50 bits per heavy atom. The molecular formula is C11H12BrFN2O. The molecule has 2 N–H and O–H groups in total. The van der Waals surface area contributed by atoms with Crippen LogP contribution in [0.25, 0.3) is 0 Å². The first-order valence-corrected chi connectivity index (χ1v) is 5.89. The molecule has 1 aliphatic heterocycles. The minimum atomic E-state index is -0.412. The maximum Gasteiger partial charge on any atom is 0.251 e. The highest BCUT2D eigenvalue weighted by Crippen LogP contribution is 2.14. The number of carbonyl (C=O) groups is 1. The lowest BCUT2D eigenvalue weighted by molar-refractivity contribution is 0.0941. The van der Waals surface area contributed by atoms with Crippen LogP contribution in [-0.4, -0.2) is 25.5 Å². The molecule has 86 valence electrons. The molecule has 1 aromatic rings. The van der Waals surface area contributed by atoms with E-state index in [1.54, 1.807) is 6.07 Å². The fraction of sp³-hybridized carbons (Fsp3) is 0.364. The first kappa shape index (κ1) is 11.5. The number of halogens is 2. The van der Waals surface area contributed by atoms with Gasteiger partial charge in [-0.15, -0.1) is 0 Å². The summed E-state index contributed by atoms with van der Waals surface area (Å²) in [5, 5.41) is 5.91. The van der Waals surface area contributed by atoms with Crippen molar-refractivity contribution in [1.29, 1.82) is 0 Å². The quantitative estimate of drug-likeness (QED) is 0.885. The number of benzene rings is 1. The van der Waals surface area contributed by atoms with Crippen molar-refractivity contribution < 1.29 is 9.18 Å². The molecule has 2 rings (SSSR count). The molecule has 0 radical (unpaired) electrons. The monoisotopic (exact) mass is 286 g/mol. The lowest BCUT2D eigenvalue weighted by atomic mass is 10.0. The molecule has 1 aliphatic rings. The first-order valence-electron chi connectivity index (χ1n) is 5.10. The Hall–Kier alpha value is -0.940. The summed E-state index contributed by atoms with van der Waals surface area (Å²) in [7, 11) is 0. The molecule has 16 heavy (non-hydrogen) atoms. The van der Waals surface area contributed by atoms with E-state index in [1.165, 1.54) is 12.1 Å². The first-order chi connectivity index (χ1) is 7.65. The van der Waals surface area contributed by atoms with E-state index in [-0.39, 0.29) is 5.91 Å². The van der Waals surface area contributed by atoms with E-state index < -0.39 is 5.82 Å². The SMILES string of the molecule is O=C(NCC1CNC1)c1cc(F)cc(Br)c1. The molecule has 3 nitrogen and oxygen atoms in total. The van der Waals surface area contributed by atoms with Crippen LogP contribution in [0, 0.1) is 11.7 Å². The van der Waals surface area contributed by atoms with Gasteiger partial charge in [0, 0.05) is 35.6 Å². The van der Waals surface area contributed by atoms with Gasteiger partial charge in [0.25, 0.3) is 5.91 Å². The zero-order chi connectivity index (χ0) is 11.5. The Morgan fingerprint density at radius 3 is 2.81 bits per heavy atom. The third-order valence-corrected chi connectivity index (χ3v) is 3.00. The second-order valence-electron chi connectivity index (χ2n) is 3.89. The Kier molecular flexibility index (Phi) is 3.56. The zero-order valence-electron chi connectivity index (χ0n) is 8.59. The summed E-state index contributed by atoms with van der Waals surface area (Å²) < 4.78 is 13.6. The summed E-state index contributed by atoms with van der Waals surface area (Å²) in [5.74, 6) is -0.141. The van der Waals surface area contributed by atoms with Crippen molar-refractivity contribution in [2.24, 2.45) is 5.92 Å². The Labute approximate surface area is 102 Å². The van der Waals surface area contributed by atoms with E-state index in [4.69, 9.17) is 0 Å². The van der Waals surface area contributed by atoms with Crippen molar-refractivity contribution in [1.82, 2.24) is 10.6 Å². The average Bonchev–Trinajstić information content (AvgIpc) is 2.13. The van der Waals surface area contributed by atoms with Crippen molar-refractivity contribution >= 4 is 21.8 Å². The van der Waals surface area contributed by atoms with E-state index in [2.05, 4.69) is 26.6 Å². The van der Waals surface area contributed by atoms with Crippen LogP contribution in [0.4, 0.5) is 4.39 Å². The van der Waals surface area contributed by atoms with Crippen molar-refractivity contribution in [3.63, 3.8) is 0 Å². The van der Waals surface area contributed by atoms with Gasteiger partial charge in [-0.2, -0.15) is 0 Å². The molecule has 1 fully saturated rings. The molecule has 1 amide bonds. The van der Waals surface area contributed by atoms with Crippen LogP contribution >= 0.6 is 15.9 Å². The van der Waals surface area contributed by atoms with Gasteiger partial charge in [-0.25, -0.2) is 4.39 Å². The van der Waals surface area contributed by atoms with Crippen LogP contribution < -0.4 is 10.6 Å². The third kappa shape index (κ3) is 2.80. The second-order valence-corrected chi connectivity index (χ2v) is 4.81. The van der Waals surface area contributed by atoms with Gasteiger partial charge >= 0.3 is 0 Å². The lowest BCUT2D eigenvalue weighted by Crippen LogP contribution is -2.48. The van der Waals surface area contributed by atoms with Gasteiger partial charge in [0.05, 0.1) is 0 Å². The number of hydrogen-bond donors (Lipinski definition) is 2. The molecule has 0 unspecified atom stereocenters. The van der Waals surface area contributed by atoms with Gasteiger partial charge < -0.3 is 10.6 Å². The second kappa shape index (κ2) is 4.93. The Bertz CT molecular complexity index is 387. The highest BCUT2D eigenvalue weighted by molar-refractivity contribution is 9.10. The normalized spacial score (nSPS) is 15.6. The summed E-state index contributed by atoms with van der Waals surface area (Å²) in [4.78, 5) is 11.7. The minimum Gasteiger partial charge on any atom is -0.352 e. The number of carbonyl (C=O) groups excluding carboxylic acids is 1. The molecule has 5 heteroatoms. The Morgan fingerprint density at radius 2 is 2.25 bits per heavy atom. The Balaban J connectivity index is 1.96. The summed E-state index contributed by atoms with van der Waals surface area (Å²) in [6.07, 6.45) is 0. The third-order valence-electron chi connectivity index (χ3n) is 2.54. The molecule has 0 aliphatic carbocycles. The van der Waals surface area contributed by atoms with Crippen LogP contribution in [-0.2, 0) is 0 Å². The predicted molar refractivity (Wildman–Crippen MR) is 62.8 cm³/mol. The predicted octanol–water partition coefficient (Wildman–Crippen LogP) is 1.54. The van der Waals surface area contributed by atoms with Gasteiger partial charge in [0.2, 0.25) is 0 Å². The van der Waals surface area contributed by atoms with Gasteiger partial charge in [0.15, 0.2) is 0 Å². The summed E-state index contributed by atoms with van der Waals surface area (Å²) in [6, 6.07) is 4.17. The fourth-order valence-electron chi connectivity index (χ4n) is 1.52. The van der Waals surface area contributed by atoms with E-state index in [0.29, 0.717) is 22.5 Å². The van der Waals surface area contributed by atoms with Crippen LogP contribution in [0.1, 0.15) is 10.4 Å². The lowest BCUT2D eigenvalue weighted by Gasteiger charge is -2.27. The smallest absolute Gasteiger partial charge is 0.251 e. The van der Waals surface area contributed by atoms with Crippen LogP contribution in [0.15, 0.2) is 22.7 Å². The van der Waals surface area contributed by atoms with Crippen LogP contribution in [0.5, 0.6) is 0 Å². The van der Waals surface area contributed by atoms with Gasteiger partial charge in [-0.1, -0.05) is 15.9 Å². The summed E-state index contributed by atoms with van der Waals surface area (Å²) >= 11 is 3.16. The van der Waals surface area contributed by atoms with E-state index >= 15 is 0 Å². The fourth-order valence-corrected chi connectivity index (χ4v) is 1.98. The van der Waals surface area contributed by atoms with E-state index in [0.717, 1.165) is 13.1 Å². The molecule has 0 aromatic heterocycles. The van der Waals surface area contributed by atoms with Gasteiger partial charge in [-0.3, -0.25) is 4.79 Å². The topological polar surface area (TPSA) is 41.1 Å². The van der Waals surface area contributed by atoms with Crippen molar-refractivity contribution in [3.05, 3.63) is 34.1 Å². The van der Waals surface area contributed by atoms with Crippen molar-refractivity contribution in [2.75, 3.05) is 19.6 Å². The minimum absolute atomic E-state index is 0.230. The van der Waals surface area contributed by atoms with Crippen molar-refractivity contribution in [3.8, 4) is 0 Å². The van der Waals surface area contributed by atoms with Crippen molar-refractivity contribution in [2.45, 2.75) is 0 Å². The largest absolute Gasteiger partial charge is 0.352 e. The number of amides is 1. The standard InChI is InChI=1S/C11H12BrFN2O/c12-9-1-8(2-10(13)3-9)11(16)15-6-7-4-14-5-7/h1-3,7,14H,4-6H2,(H,15,16). The maximum atomic E-state index is 13.0. The number of rotatable bonds is 3. The summed E-state index contributed by atoms with van der Waals surface area (Å²) in [5.41, 5.74) is 0.346. The van der Waals surface area contributed by atoms with Crippen LogP contribution in [0.3, 0.4) is 0 Å². The number of nitrogens with one attached hydrogen (secondary N) is 2. The maximum absolute atomic E-state index is 13.0. The molecule has 0 saturated carbocycles. The highest BCUT2D eigenvalue weighted by atomic mass is 79.9. The van der Waals surface area contributed by atoms with Gasteiger partial charge in [-0.05, 0) is 18.2 Å². The van der Waals surface area contributed by atoms with E-state index in [9.17, 15) is 9.18 Å². The molecular weight excluding hydrogens is 275 g/mol. The molecule has 0 atom stereocenters. The van der Waals surface area contributed by atoms with E-state index in [1.807, 2.05) is 0 Å². The zero-order valence-corrected chi connectivity index (χ0v) is 10.2. The number of hydrogen-bond acceptors (Lipinski definition) is 2. The molecule has 0 spiro atoms. The average molecular weight is 287 g/mol. The molecule has 0 bridgehead atoms. The summed E-state index contributed by atoms with van der Waals surface area (Å²) in [6.45, 7) is 2.51. The molecule has 1 aromatic carbocycles. The molecule has 1 saturated heterocycles. The molecule has 1 heterocycles.